The Kier molecular flexibility index (Phi) is 3.72. The van der Waals surface area contributed by atoms with Gasteiger partial charge in [-0.05, 0) is 19.9 Å². The number of aliphatic carboxylic acids is 1. The highest BCUT2D eigenvalue weighted by molar-refractivity contribution is 5.85. The quantitative estimate of drug-likeness (QED) is 0.694. The van der Waals surface area contributed by atoms with Crippen LogP contribution in [0, 0.1) is 0 Å². The maximum atomic E-state index is 11.5. The van der Waals surface area contributed by atoms with E-state index >= 15 is 0 Å². The molecule has 7 heteroatoms. The molecule has 7 nitrogen and oxygen atoms in total. The molecule has 0 aliphatic heterocycles. The summed E-state index contributed by atoms with van der Waals surface area (Å²) in [6, 6.07) is 1.24. The molecule has 94 valence electrons. The number of nitrogens with one attached hydrogen (secondary N) is 2. The lowest BCUT2D eigenvalue weighted by Crippen LogP contribution is -2.53. The number of hydrogen-bond donors (Lipinski definition) is 3. The first-order valence-corrected chi connectivity index (χ1v) is 5.09. The zero-order chi connectivity index (χ0) is 13.1. The largest absolute Gasteiger partial charge is 0.480 e. The highest BCUT2D eigenvalue weighted by Crippen LogP contribution is 2.01. The van der Waals surface area contributed by atoms with Gasteiger partial charge in [0.15, 0.2) is 0 Å². The van der Waals surface area contributed by atoms with Crippen LogP contribution in [0.3, 0.4) is 0 Å². The third-order valence-electron chi connectivity index (χ3n) is 2.31. The van der Waals surface area contributed by atoms with E-state index in [9.17, 15) is 9.59 Å². The monoisotopic (exact) mass is 240 g/mol. The second kappa shape index (κ2) is 4.86. The van der Waals surface area contributed by atoms with Crippen molar-refractivity contribution in [1.29, 1.82) is 0 Å². The van der Waals surface area contributed by atoms with Gasteiger partial charge < -0.3 is 15.7 Å². The molecule has 0 aliphatic carbocycles. The minimum absolute atomic E-state index is 0.290. The van der Waals surface area contributed by atoms with Crippen LogP contribution >= 0.6 is 0 Å². The van der Waals surface area contributed by atoms with Gasteiger partial charge in [-0.3, -0.25) is 4.68 Å². The number of aromatic nitrogens is 2. The first-order valence-electron chi connectivity index (χ1n) is 5.09. The number of carboxylic acids is 1. The summed E-state index contributed by atoms with van der Waals surface area (Å²) in [7, 11) is 1.76. The highest BCUT2D eigenvalue weighted by Gasteiger charge is 2.28. The van der Waals surface area contributed by atoms with Crippen LogP contribution in [-0.4, -0.2) is 32.4 Å². The van der Waals surface area contributed by atoms with Crippen molar-refractivity contribution in [2.45, 2.75) is 25.9 Å². The highest BCUT2D eigenvalue weighted by atomic mass is 16.4. The molecule has 0 saturated carbocycles. The van der Waals surface area contributed by atoms with E-state index in [-0.39, 0.29) is 6.54 Å². The topological polar surface area (TPSA) is 96.3 Å². The van der Waals surface area contributed by atoms with Gasteiger partial charge in [-0.15, -0.1) is 0 Å². The van der Waals surface area contributed by atoms with Crippen molar-refractivity contribution in [3.05, 3.63) is 18.0 Å². The summed E-state index contributed by atoms with van der Waals surface area (Å²) in [6.07, 6.45) is 1.62. The summed E-state index contributed by atoms with van der Waals surface area (Å²) < 4.78 is 1.63. The minimum atomic E-state index is -1.30. The van der Waals surface area contributed by atoms with E-state index < -0.39 is 17.5 Å². The Morgan fingerprint density at radius 1 is 1.53 bits per heavy atom. The van der Waals surface area contributed by atoms with Crippen LogP contribution in [0.1, 0.15) is 19.5 Å². The summed E-state index contributed by atoms with van der Waals surface area (Å²) in [6.45, 7) is 3.12. The molecule has 0 atom stereocenters. The van der Waals surface area contributed by atoms with Crippen molar-refractivity contribution in [2.75, 3.05) is 0 Å². The number of rotatable bonds is 4. The lowest BCUT2D eigenvalue weighted by atomic mass is 10.1. The number of urea groups is 1. The van der Waals surface area contributed by atoms with Crippen LogP contribution in [0.15, 0.2) is 12.3 Å². The molecule has 0 radical (unpaired) electrons. The van der Waals surface area contributed by atoms with Gasteiger partial charge >= 0.3 is 12.0 Å². The second-order valence-corrected chi connectivity index (χ2v) is 4.18. The number of hydrogen-bond acceptors (Lipinski definition) is 3. The van der Waals surface area contributed by atoms with Crippen molar-refractivity contribution in [1.82, 2.24) is 20.4 Å². The molecule has 1 aromatic heterocycles. The molecule has 0 aromatic carbocycles. The molecule has 1 rings (SSSR count). The first kappa shape index (κ1) is 13.0. The Bertz CT molecular complexity index is 425. The normalized spacial score (nSPS) is 11.0. The third-order valence-corrected chi connectivity index (χ3v) is 2.31. The van der Waals surface area contributed by atoms with Gasteiger partial charge in [0, 0.05) is 13.2 Å². The zero-order valence-electron chi connectivity index (χ0n) is 10.0. The van der Waals surface area contributed by atoms with Gasteiger partial charge in [-0.25, -0.2) is 9.59 Å². The molecule has 0 unspecified atom stereocenters. The van der Waals surface area contributed by atoms with Crippen molar-refractivity contribution < 1.29 is 14.7 Å². The SMILES string of the molecule is Cn1nccc1CNC(=O)NC(C)(C)C(=O)O. The summed E-state index contributed by atoms with van der Waals surface area (Å²) in [5.41, 5.74) is -0.468. The summed E-state index contributed by atoms with van der Waals surface area (Å²) in [5, 5.41) is 17.7. The lowest BCUT2D eigenvalue weighted by Gasteiger charge is -2.21. The van der Waals surface area contributed by atoms with Crippen molar-refractivity contribution in [2.24, 2.45) is 7.05 Å². The Morgan fingerprint density at radius 3 is 2.65 bits per heavy atom. The molecule has 0 bridgehead atoms. The number of amides is 2. The van der Waals surface area contributed by atoms with Crippen LogP contribution in [0.5, 0.6) is 0 Å². The molecule has 1 heterocycles. The van der Waals surface area contributed by atoms with E-state index in [1.807, 2.05) is 0 Å². The summed E-state index contributed by atoms with van der Waals surface area (Å²) in [5.74, 6) is -1.09. The molecule has 2 amide bonds. The van der Waals surface area contributed by atoms with E-state index in [2.05, 4.69) is 15.7 Å². The van der Waals surface area contributed by atoms with Crippen LogP contribution in [-0.2, 0) is 18.4 Å². The predicted octanol–water partition coefficient (Wildman–Crippen LogP) is 0.0825. The fourth-order valence-electron chi connectivity index (χ4n) is 1.13. The number of carboxylic acid groups (broad SMARTS) is 1. The van der Waals surface area contributed by atoms with Crippen LogP contribution in [0.2, 0.25) is 0 Å². The van der Waals surface area contributed by atoms with Gasteiger partial charge in [0.25, 0.3) is 0 Å². The van der Waals surface area contributed by atoms with Crippen molar-refractivity contribution in [3.8, 4) is 0 Å². The van der Waals surface area contributed by atoms with Crippen LogP contribution in [0.25, 0.3) is 0 Å². The van der Waals surface area contributed by atoms with Crippen molar-refractivity contribution >= 4 is 12.0 Å². The fourth-order valence-corrected chi connectivity index (χ4v) is 1.13. The molecule has 0 fully saturated rings. The van der Waals surface area contributed by atoms with Crippen molar-refractivity contribution in [3.63, 3.8) is 0 Å². The molecule has 17 heavy (non-hydrogen) atoms. The Labute approximate surface area is 98.8 Å². The number of carbonyl (C=O) groups is 2. The molecule has 1 aromatic rings. The number of carbonyl (C=O) groups excluding carboxylic acids is 1. The standard InChI is InChI=1S/C10H16N4O3/c1-10(2,8(15)16)13-9(17)11-6-7-4-5-12-14(7)3/h4-5H,6H2,1-3H3,(H,15,16)(H2,11,13,17). The van der Waals surface area contributed by atoms with Gasteiger partial charge in [0.05, 0.1) is 12.2 Å². The van der Waals surface area contributed by atoms with E-state index in [0.717, 1.165) is 5.69 Å². The fraction of sp³-hybridized carbons (Fsp3) is 0.500. The average molecular weight is 240 g/mol. The molecule has 3 N–H and O–H groups in total. The van der Waals surface area contributed by atoms with Gasteiger partial charge in [-0.2, -0.15) is 5.10 Å². The molecule has 0 spiro atoms. The Morgan fingerprint density at radius 2 is 2.18 bits per heavy atom. The Hall–Kier alpha value is -2.05. The predicted molar refractivity (Wildman–Crippen MR) is 60.3 cm³/mol. The first-order chi connectivity index (χ1) is 7.83. The van der Waals surface area contributed by atoms with E-state index in [1.165, 1.54) is 13.8 Å². The number of nitrogens with zero attached hydrogens (tertiary/aromatic N) is 2. The lowest BCUT2D eigenvalue weighted by molar-refractivity contribution is -0.142. The van der Waals surface area contributed by atoms with Gasteiger partial charge in [-0.1, -0.05) is 0 Å². The smallest absolute Gasteiger partial charge is 0.328 e. The maximum Gasteiger partial charge on any atom is 0.328 e. The summed E-state index contributed by atoms with van der Waals surface area (Å²) >= 11 is 0. The van der Waals surface area contributed by atoms with E-state index in [0.29, 0.717) is 0 Å². The van der Waals surface area contributed by atoms with Gasteiger partial charge in [0.1, 0.15) is 5.54 Å². The molecular formula is C10H16N4O3. The van der Waals surface area contributed by atoms with Gasteiger partial charge in [0.2, 0.25) is 0 Å². The molecule has 0 aliphatic rings. The summed E-state index contributed by atoms with van der Waals surface area (Å²) in [4.78, 5) is 22.2. The van der Waals surface area contributed by atoms with Crippen LogP contribution in [0.4, 0.5) is 4.79 Å². The minimum Gasteiger partial charge on any atom is -0.480 e. The average Bonchev–Trinajstić information content (AvgIpc) is 2.60. The second-order valence-electron chi connectivity index (χ2n) is 4.18. The number of aryl methyl sites for hydroxylation is 1. The zero-order valence-corrected chi connectivity index (χ0v) is 10.0. The Balaban J connectivity index is 2.46. The third kappa shape index (κ3) is 3.47. The van der Waals surface area contributed by atoms with E-state index in [4.69, 9.17) is 5.11 Å². The molecular weight excluding hydrogens is 224 g/mol. The maximum absolute atomic E-state index is 11.5. The van der Waals surface area contributed by atoms with E-state index in [1.54, 1.807) is 24.0 Å². The molecule has 0 saturated heterocycles. The van der Waals surface area contributed by atoms with Crippen LogP contribution < -0.4 is 10.6 Å².